The Bertz CT molecular complexity index is 653. The van der Waals surface area contributed by atoms with Gasteiger partial charge in [0.25, 0.3) is 0 Å². The average molecular weight is 309 g/mol. The molecule has 0 N–H and O–H groups in total. The maximum atomic E-state index is 10.8. The smallest absolute Gasteiger partial charge is 0.161 e. The molecule has 2 rings (SSSR count). The number of carbonyl (C=O) groups is 1. The van der Waals surface area contributed by atoms with Gasteiger partial charge in [-0.25, -0.2) is 0 Å². The number of aldehydes is 1. The highest BCUT2D eigenvalue weighted by molar-refractivity contribution is 6.31. The number of ether oxygens (including phenoxy) is 2. The molecule has 0 bridgehead atoms. The van der Waals surface area contributed by atoms with E-state index in [9.17, 15) is 4.79 Å². The molecule has 0 atom stereocenters. The molecule has 21 heavy (non-hydrogen) atoms. The highest BCUT2D eigenvalue weighted by Crippen LogP contribution is 2.30. The van der Waals surface area contributed by atoms with E-state index in [1.165, 1.54) is 0 Å². The van der Waals surface area contributed by atoms with Crippen molar-refractivity contribution in [3.63, 3.8) is 0 Å². The first kappa shape index (κ1) is 15.4. The van der Waals surface area contributed by atoms with Crippen LogP contribution in [0.25, 0.3) is 0 Å². The molecule has 0 fully saturated rings. The molecule has 1 aromatic heterocycles. The Labute approximate surface area is 128 Å². The van der Waals surface area contributed by atoms with E-state index in [0.29, 0.717) is 28.7 Å². The third-order valence-corrected chi connectivity index (χ3v) is 3.52. The molecule has 0 amide bonds. The fraction of sp³-hybridized carbons (Fsp3) is 0.333. The van der Waals surface area contributed by atoms with E-state index < -0.39 is 0 Å². The summed E-state index contributed by atoms with van der Waals surface area (Å²) < 4.78 is 13.0. The monoisotopic (exact) mass is 308 g/mol. The zero-order chi connectivity index (χ0) is 15.4. The minimum Gasteiger partial charge on any atom is -0.490 e. The van der Waals surface area contributed by atoms with Crippen molar-refractivity contribution in [3.05, 3.63) is 40.2 Å². The summed E-state index contributed by atoms with van der Waals surface area (Å²) in [5.41, 5.74) is 2.09. The molecular formula is C15H17ClN2O3. The molecule has 0 aliphatic rings. The van der Waals surface area contributed by atoms with E-state index in [0.717, 1.165) is 17.7 Å². The first-order chi connectivity index (χ1) is 10.1. The number of rotatable bonds is 6. The van der Waals surface area contributed by atoms with Crippen LogP contribution in [0.2, 0.25) is 5.02 Å². The molecule has 0 aliphatic heterocycles. The Hall–Kier alpha value is -2.01. The van der Waals surface area contributed by atoms with E-state index in [-0.39, 0.29) is 6.61 Å². The van der Waals surface area contributed by atoms with Crippen LogP contribution in [-0.2, 0) is 13.7 Å². The lowest BCUT2D eigenvalue weighted by atomic mass is 10.2. The average Bonchev–Trinajstić information content (AvgIpc) is 2.71. The lowest BCUT2D eigenvalue weighted by molar-refractivity contribution is 0.112. The molecule has 1 heterocycles. The van der Waals surface area contributed by atoms with Crippen molar-refractivity contribution in [1.82, 2.24) is 9.78 Å². The third kappa shape index (κ3) is 3.36. The summed E-state index contributed by atoms with van der Waals surface area (Å²) in [6.45, 7) is 4.48. The van der Waals surface area contributed by atoms with Crippen LogP contribution < -0.4 is 9.47 Å². The van der Waals surface area contributed by atoms with Gasteiger partial charge in [0.15, 0.2) is 11.5 Å². The number of hydrogen-bond acceptors (Lipinski definition) is 4. The molecule has 0 saturated carbocycles. The second kappa shape index (κ2) is 6.63. The van der Waals surface area contributed by atoms with Crippen LogP contribution in [0.5, 0.6) is 11.5 Å². The Morgan fingerprint density at radius 3 is 2.67 bits per heavy atom. The summed E-state index contributed by atoms with van der Waals surface area (Å²) in [5, 5.41) is 4.83. The lowest BCUT2D eigenvalue weighted by Gasteiger charge is -2.12. The summed E-state index contributed by atoms with van der Waals surface area (Å²) in [6.07, 6.45) is 0.771. The molecule has 0 aliphatic carbocycles. The first-order valence-corrected chi connectivity index (χ1v) is 6.97. The normalized spacial score (nSPS) is 10.5. The maximum Gasteiger partial charge on any atom is 0.161 e. The molecule has 0 saturated heterocycles. The van der Waals surface area contributed by atoms with Gasteiger partial charge >= 0.3 is 0 Å². The van der Waals surface area contributed by atoms with E-state index >= 15 is 0 Å². The maximum absolute atomic E-state index is 10.8. The molecule has 0 spiro atoms. The van der Waals surface area contributed by atoms with Crippen LogP contribution in [0, 0.1) is 6.92 Å². The van der Waals surface area contributed by atoms with E-state index in [1.54, 1.807) is 22.9 Å². The highest BCUT2D eigenvalue weighted by atomic mass is 35.5. The topological polar surface area (TPSA) is 53.4 Å². The van der Waals surface area contributed by atoms with Gasteiger partial charge in [0, 0.05) is 12.6 Å². The zero-order valence-electron chi connectivity index (χ0n) is 12.2. The number of aromatic nitrogens is 2. The lowest BCUT2D eigenvalue weighted by Crippen LogP contribution is -2.05. The zero-order valence-corrected chi connectivity index (χ0v) is 13.0. The van der Waals surface area contributed by atoms with Crippen molar-refractivity contribution in [2.24, 2.45) is 7.05 Å². The Kier molecular flexibility index (Phi) is 4.85. The Morgan fingerprint density at radius 1 is 1.33 bits per heavy atom. The predicted molar refractivity (Wildman–Crippen MR) is 80.3 cm³/mol. The summed E-state index contributed by atoms with van der Waals surface area (Å²) in [6, 6.07) is 5.05. The van der Waals surface area contributed by atoms with Crippen molar-refractivity contribution in [2.75, 3.05) is 6.61 Å². The van der Waals surface area contributed by atoms with E-state index in [1.807, 2.05) is 20.9 Å². The van der Waals surface area contributed by atoms with Gasteiger partial charge < -0.3 is 9.47 Å². The minimum absolute atomic E-state index is 0.274. The van der Waals surface area contributed by atoms with Crippen molar-refractivity contribution in [2.45, 2.75) is 20.5 Å². The molecule has 0 unspecified atom stereocenters. The van der Waals surface area contributed by atoms with Crippen LogP contribution in [0.4, 0.5) is 0 Å². The van der Waals surface area contributed by atoms with Gasteiger partial charge in [0.1, 0.15) is 12.9 Å². The molecule has 2 aromatic rings. The molecule has 1 aromatic carbocycles. The van der Waals surface area contributed by atoms with Crippen LogP contribution in [0.15, 0.2) is 18.2 Å². The van der Waals surface area contributed by atoms with Crippen molar-refractivity contribution in [3.8, 4) is 11.5 Å². The largest absolute Gasteiger partial charge is 0.490 e. The molecule has 5 nitrogen and oxygen atoms in total. The number of nitrogens with zero attached hydrogens (tertiary/aromatic N) is 2. The third-order valence-electron chi connectivity index (χ3n) is 3.03. The number of carbonyl (C=O) groups excluding carboxylic acids is 1. The van der Waals surface area contributed by atoms with Crippen LogP contribution in [-0.4, -0.2) is 22.7 Å². The van der Waals surface area contributed by atoms with Gasteiger partial charge in [-0.15, -0.1) is 0 Å². The first-order valence-electron chi connectivity index (χ1n) is 6.59. The summed E-state index contributed by atoms with van der Waals surface area (Å²) in [5.74, 6) is 1.11. The van der Waals surface area contributed by atoms with Crippen molar-refractivity contribution < 1.29 is 14.3 Å². The van der Waals surface area contributed by atoms with Gasteiger partial charge in [-0.2, -0.15) is 5.10 Å². The molecule has 6 heteroatoms. The SMILES string of the molecule is CCOc1cc(C=O)ccc1OCc1c(Cl)c(C)nn1C. The summed E-state index contributed by atoms with van der Waals surface area (Å²) in [4.78, 5) is 10.8. The summed E-state index contributed by atoms with van der Waals surface area (Å²) >= 11 is 6.19. The van der Waals surface area contributed by atoms with E-state index in [2.05, 4.69) is 5.10 Å². The standard InChI is InChI=1S/C15H17ClN2O3/c1-4-20-14-7-11(8-19)5-6-13(14)21-9-12-15(16)10(2)17-18(12)3/h5-8H,4,9H2,1-3H3. The molecule has 112 valence electrons. The second-order valence-electron chi connectivity index (χ2n) is 4.52. The number of hydrogen-bond donors (Lipinski definition) is 0. The second-order valence-corrected chi connectivity index (χ2v) is 4.89. The Morgan fingerprint density at radius 2 is 2.10 bits per heavy atom. The van der Waals surface area contributed by atoms with Crippen LogP contribution in [0.3, 0.4) is 0 Å². The Balaban J connectivity index is 2.21. The van der Waals surface area contributed by atoms with Gasteiger partial charge in [0.05, 0.1) is 23.0 Å². The van der Waals surface area contributed by atoms with Crippen LogP contribution >= 0.6 is 11.6 Å². The number of halogens is 1. The van der Waals surface area contributed by atoms with Crippen LogP contribution in [0.1, 0.15) is 28.7 Å². The van der Waals surface area contributed by atoms with Gasteiger partial charge in [-0.3, -0.25) is 9.48 Å². The molecular weight excluding hydrogens is 292 g/mol. The fourth-order valence-corrected chi connectivity index (χ4v) is 2.18. The van der Waals surface area contributed by atoms with E-state index in [4.69, 9.17) is 21.1 Å². The van der Waals surface area contributed by atoms with Crippen molar-refractivity contribution in [1.29, 1.82) is 0 Å². The summed E-state index contributed by atoms with van der Waals surface area (Å²) in [7, 11) is 1.82. The van der Waals surface area contributed by atoms with Gasteiger partial charge in [0.2, 0.25) is 0 Å². The van der Waals surface area contributed by atoms with Crippen molar-refractivity contribution >= 4 is 17.9 Å². The predicted octanol–water partition coefficient (Wildman–Crippen LogP) is 3.17. The van der Waals surface area contributed by atoms with Gasteiger partial charge in [-0.05, 0) is 32.0 Å². The number of aryl methyl sites for hydroxylation is 2. The quantitative estimate of drug-likeness (QED) is 0.769. The minimum atomic E-state index is 0.274. The van der Waals surface area contributed by atoms with Gasteiger partial charge in [-0.1, -0.05) is 11.6 Å². The fourth-order valence-electron chi connectivity index (χ4n) is 1.97. The highest BCUT2D eigenvalue weighted by Gasteiger charge is 2.13. The molecule has 0 radical (unpaired) electrons. The number of benzene rings is 1.